The summed E-state index contributed by atoms with van der Waals surface area (Å²) in [7, 11) is 0. The Balaban J connectivity index is 1.73. The Morgan fingerprint density at radius 2 is 2.15 bits per heavy atom. The topological polar surface area (TPSA) is 35.0 Å². The number of aryl methyl sites for hydroxylation is 2. The van der Waals surface area contributed by atoms with Crippen molar-refractivity contribution in [3.05, 3.63) is 58.1 Å². The predicted molar refractivity (Wildman–Crippen MR) is 78.7 cm³/mol. The molecular weight excluding hydrogens is 272 g/mol. The van der Waals surface area contributed by atoms with Gasteiger partial charge in [0.25, 0.3) is 0 Å². The Bertz CT molecular complexity index is 595. The standard InChI is InChI=1S/C16H17ClN2O/c1-11-9-15(17)19-16(18-11)10-20-14-8-4-6-12-5-2-3-7-13(12)14/h2-3,5,7,9,14H,4,6,8,10H2,1H3. The maximum Gasteiger partial charge on any atom is 0.155 e. The first-order chi connectivity index (χ1) is 9.72. The van der Waals surface area contributed by atoms with Gasteiger partial charge in [-0.25, -0.2) is 9.97 Å². The molecule has 1 unspecified atom stereocenters. The maximum atomic E-state index is 6.02. The lowest BCUT2D eigenvalue weighted by Gasteiger charge is -2.25. The summed E-state index contributed by atoms with van der Waals surface area (Å²) < 4.78 is 6.02. The molecule has 3 rings (SSSR count). The van der Waals surface area contributed by atoms with Crippen molar-refractivity contribution in [2.75, 3.05) is 0 Å². The van der Waals surface area contributed by atoms with E-state index in [4.69, 9.17) is 16.3 Å². The highest BCUT2D eigenvalue weighted by atomic mass is 35.5. The number of benzene rings is 1. The van der Waals surface area contributed by atoms with Gasteiger partial charge in [0.05, 0.1) is 6.10 Å². The zero-order valence-electron chi connectivity index (χ0n) is 11.5. The van der Waals surface area contributed by atoms with E-state index in [0.29, 0.717) is 17.6 Å². The third-order valence-electron chi connectivity index (χ3n) is 3.60. The molecule has 0 bridgehead atoms. The molecule has 0 saturated carbocycles. The van der Waals surface area contributed by atoms with Crippen LogP contribution in [0.15, 0.2) is 30.3 Å². The van der Waals surface area contributed by atoms with Gasteiger partial charge >= 0.3 is 0 Å². The van der Waals surface area contributed by atoms with E-state index in [0.717, 1.165) is 25.0 Å². The fourth-order valence-electron chi connectivity index (χ4n) is 2.71. The lowest BCUT2D eigenvalue weighted by Crippen LogP contribution is -2.13. The largest absolute Gasteiger partial charge is 0.366 e. The molecule has 1 aromatic heterocycles. The second-order valence-corrected chi connectivity index (χ2v) is 5.53. The molecule has 104 valence electrons. The molecule has 0 saturated heterocycles. The number of hydrogen-bond donors (Lipinski definition) is 0. The van der Waals surface area contributed by atoms with Gasteiger partial charge in [0.15, 0.2) is 5.82 Å². The predicted octanol–water partition coefficient (Wildman–Crippen LogP) is 4.03. The van der Waals surface area contributed by atoms with Gasteiger partial charge in [0, 0.05) is 5.69 Å². The monoisotopic (exact) mass is 288 g/mol. The Morgan fingerprint density at radius 3 is 3.00 bits per heavy atom. The number of fused-ring (bicyclic) bond motifs is 1. The van der Waals surface area contributed by atoms with E-state index in [2.05, 4.69) is 34.2 Å². The van der Waals surface area contributed by atoms with E-state index >= 15 is 0 Å². The molecule has 1 aliphatic carbocycles. The van der Waals surface area contributed by atoms with E-state index in [9.17, 15) is 0 Å². The summed E-state index contributed by atoms with van der Waals surface area (Å²) in [5, 5.41) is 0.472. The Kier molecular flexibility index (Phi) is 3.99. The molecule has 0 fully saturated rings. The molecule has 1 heterocycles. The Morgan fingerprint density at radius 1 is 1.30 bits per heavy atom. The fraction of sp³-hybridized carbons (Fsp3) is 0.375. The van der Waals surface area contributed by atoms with E-state index in [1.54, 1.807) is 6.07 Å². The van der Waals surface area contributed by atoms with Crippen molar-refractivity contribution in [1.29, 1.82) is 0 Å². The average Bonchev–Trinajstić information content (AvgIpc) is 2.44. The molecule has 3 nitrogen and oxygen atoms in total. The van der Waals surface area contributed by atoms with Gasteiger partial charge in [-0.05, 0) is 43.4 Å². The summed E-state index contributed by atoms with van der Waals surface area (Å²) in [5.74, 6) is 0.651. The smallest absolute Gasteiger partial charge is 0.155 e. The van der Waals surface area contributed by atoms with Crippen LogP contribution in [0.5, 0.6) is 0 Å². The molecule has 0 amide bonds. The third-order valence-corrected chi connectivity index (χ3v) is 3.79. The fourth-order valence-corrected chi connectivity index (χ4v) is 2.97. The first-order valence-corrected chi connectivity index (χ1v) is 7.29. The molecule has 0 radical (unpaired) electrons. The van der Waals surface area contributed by atoms with Crippen molar-refractivity contribution in [3.63, 3.8) is 0 Å². The van der Waals surface area contributed by atoms with Crippen molar-refractivity contribution in [2.45, 2.75) is 38.9 Å². The van der Waals surface area contributed by atoms with E-state index < -0.39 is 0 Å². The molecule has 2 aromatic rings. The number of rotatable bonds is 3. The van der Waals surface area contributed by atoms with Crippen LogP contribution in [0, 0.1) is 6.92 Å². The first-order valence-electron chi connectivity index (χ1n) is 6.92. The van der Waals surface area contributed by atoms with Gasteiger partial charge in [-0.2, -0.15) is 0 Å². The highest BCUT2D eigenvalue weighted by Gasteiger charge is 2.20. The van der Waals surface area contributed by atoms with Crippen molar-refractivity contribution in [3.8, 4) is 0 Å². The zero-order valence-corrected chi connectivity index (χ0v) is 12.2. The molecule has 4 heteroatoms. The van der Waals surface area contributed by atoms with Gasteiger partial charge in [0.2, 0.25) is 0 Å². The van der Waals surface area contributed by atoms with Crippen molar-refractivity contribution >= 4 is 11.6 Å². The van der Waals surface area contributed by atoms with Crippen LogP contribution in [0.4, 0.5) is 0 Å². The number of hydrogen-bond acceptors (Lipinski definition) is 3. The van der Waals surface area contributed by atoms with E-state index in [1.807, 2.05) is 6.92 Å². The van der Waals surface area contributed by atoms with Crippen LogP contribution in [0.3, 0.4) is 0 Å². The van der Waals surface area contributed by atoms with Crippen molar-refractivity contribution in [2.24, 2.45) is 0 Å². The minimum Gasteiger partial charge on any atom is -0.366 e. The van der Waals surface area contributed by atoms with Crippen LogP contribution >= 0.6 is 11.6 Å². The molecule has 1 aliphatic rings. The average molecular weight is 289 g/mol. The minimum atomic E-state index is 0.142. The maximum absolute atomic E-state index is 6.02. The van der Waals surface area contributed by atoms with Gasteiger partial charge in [-0.15, -0.1) is 0 Å². The zero-order chi connectivity index (χ0) is 13.9. The molecule has 1 atom stereocenters. The lowest BCUT2D eigenvalue weighted by molar-refractivity contribution is 0.0245. The van der Waals surface area contributed by atoms with Crippen LogP contribution in [-0.4, -0.2) is 9.97 Å². The third kappa shape index (κ3) is 3.00. The number of aromatic nitrogens is 2. The molecule has 0 N–H and O–H groups in total. The van der Waals surface area contributed by atoms with Gasteiger partial charge in [-0.3, -0.25) is 0 Å². The van der Waals surface area contributed by atoms with Crippen LogP contribution < -0.4 is 0 Å². The summed E-state index contributed by atoms with van der Waals surface area (Å²) >= 11 is 5.95. The number of nitrogens with zero attached hydrogens (tertiary/aromatic N) is 2. The van der Waals surface area contributed by atoms with Crippen LogP contribution in [-0.2, 0) is 17.8 Å². The van der Waals surface area contributed by atoms with Crippen molar-refractivity contribution < 1.29 is 4.74 Å². The highest BCUT2D eigenvalue weighted by molar-refractivity contribution is 6.29. The summed E-state index contributed by atoms with van der Waals surface area (Å²) in [5.41, 5.74) is 3.57. The second-order valence-electron chi connectivity index (χ2n) is 5.14. The van der Waals surface area contributed by atoms with Crippen LogP contribution in [0.2, 0.25) is 5.15 Å². The summed E-state index contributed by atoms with van der Waals surface area (Å²) in [4.78, 5) is 8.56. The second kappa shape index (κ2) is 5.90. The summed E-state index contributed by atoms with van der Waals surface area (Å²) in [6.07, 6.45) is 3.50. The summed E-state index contributed by atoms with van der Waals surface area (Å²) in [6, 6.07) is 10.3. The Hall–Kier alpha value is -1.45. The molecular formula is C16H17ClN2O. The quantitative estimate of drug-likeness (QED) is 0.800. The van der Waals surface area contributed by atoms with Gasteiger partial charge in [0.1, 0.15) is 11.8 Å². The lowest BCUT2D eigenvalue weighted by atomic mass is 9.89. The molecule has 1 aromatic carbocycles. The SMILES string of the molecule is Cc1cc(Cl)nc(COC2CCCc3ccccc32)n1. The molecule has 20 heavy (non-hydrogen) atoms. The van der Waals surface area contributed by atoms with Crippen LogP contribution in [0.25, 0.3) is 0 Å². The number of halogens is 1. The highest BCUT2D eigenvalue weighted by Crippen LogP contribution is 2.32. The number of ether oxygens (including phenoxy) is 1. The Labute approximate surface area is 124 Å². The summed E-state index contributed by atoms with van der Waals surface area (Å²) in [6.45, 7) is 2.31. The minimum absolute atomic E-state index is 0.142. The normalized spacial score (nSPS) is 17.8. The van der Waals surface area contributed by atoms with E-state index in [-0.39, 0.29) is 6.10 Å². The van der Waals surface area contributed by atoms with E-state index in [1.165, 1.54) is 11.1 Å². The molecule has 0 aliphatic heterocycles. The first kappa shape index (κ1) is 13.5. The van der Waals surface area contributed by atoms with Gasteiger partial charge in [-0.1, -0.05) is 35.9 Å². The molecule has 0 spiro atoms. The van der Waals surface area contributed by atoms with Gasteiger partial charge < -0.3 is 4.74 Å². The van der Waals surface area contributed by atoms with Crippen LogP contribution in [0.1, 0.15) is 41.6 Å². The van der Waals surface area contributed by atoms with Crippen molar-refractivity contribution in [1.82, 2.24) is 9.97 Å².